The van der Waals surface area contributed by atoms with E-state index in [0.29, 0.717) is 15.8 Å². The predicted octanol–water partition coefficient (Wildman–Crippen LogP) is 6.63. The van der Waals surface area contributed by atoms with E-state index in [0.717, 1.165) is 46.8 Å². The molecule has 35 heavy (non-hydrogen) atoms. The van der Waals surface area contributed by atoms with Crippen LogP contribution in [0, 0.1) is 0 Å². The molecular formula is C27H25ClN4O2S. The molecule has 0 saturated carbocycles. The Kier molecular flexibility index (Phi) is 6.81. The smallest absolute Gasteiger partial charge is 0.264 e. The summed E-state index contributed by atoms with van der Waals surface area (Å²) in [6.45, 7) is 2.46. The summed E-state index contributed by atoms with van der Waals surface area (Å²) in [5.41, 5.74) is 3.42. The Balaban J connectivity index is 1.34. The van der Waals surface area contributed by atoms with E-state index in [9.17, 15) is 9.90 Å². The molecule has 1 saturated heterocycles. The number of carbonyl (C=O) groups excluding carboxylic acids is 1. The first-order chi connectivity index (χ1) is 17.0. The summed E-state index contributed by atoms with van der Waals surface area (Å²) in [6.07, 6.45) is 3.04. The van der Waals surface area contributed by atoms with Crippen LogP contribution in [0.3, 0.4) is 0 Å². The molecule has 4 aromatic rings. The average molecular weight is 505 g/mol. The molecular weight excluding hydrogens is 480 g/mol. The lowest BCUT2D eigenvalue weighted by Gasteiger charge is -2.24. The fourth-order valence-electron chi connectivity index (χ4n) is 4.36. The molecule has 8 heteroatoms. The zero-order valence-corrected chi connectivity index (χ0v) is 20.8. The second-order valence-electron chi connectivity index (χ2n) is 8.57. The molecule has 0 aliphatic carbocycles. The molecule has 3 heterocycles. The molecule has 5 rings (SSSR count). The van der Waals surface area contributed by atoms with Gasteiger partial charge in [0.15, 0.2) is 0 Å². The van der Waals surface area contributed by atoms with Crippen molar-refractivity contribution in [3.05, 3.63) is 94.0 Å². The van der Waals surface area contributed by atoms with Gasteiger partial charge in [-0.25, -0.2) is 9.97 Å². The number of hydrogen-bond acceptors (Lipinski definition) is 6. The van der Waals surface area contributed by atoms with Crippen molar-refractivity contribution in [2.24, 2.45) is 0 Å². The maximum absolute atomic E-state index is 13.4. The maximum atomic E-state index is 13.4. The molecule has 2 unspecified atom stereocenters. The molecule has 2 aromatic carbocycles. The molecule has 0 radical (unpaired) electrons. The third kappa shape index (κ3) is 5.22. The first-order valence-corrected chi connectivity index (χ1v) is 12.7. The van der Waals surface area contributed by atoms with E-state index in [4.69, 9.17) is 11.6 Å². The number of aliphatic hydroxyl groups is 1. The van der Waals surface area contributed by atoms with Gasteiger partial charge in [0.05, 0.1) is 27.6 Å². The van der Waals surface area contributed by atoms with Crippen LogP contribution in [0.5, 0.6) is 0 Å². The van der Waals surface area contributed by atoms with Crippen LogP contribution in [0.25, 0.3) is 10.6 Å². The fourth-order valence-corrected chi connectivity index (χ4v) is 5.49. The molecule has 2 aromatic heterocycles. The average Bonchev–Trinajstić information content (AvgIpc) is 3.54. The third-order valence-corrected chi connectivity index (χ3v) is 7.43. The molecule has 2 N–H and O–H groups in total. The number of likely N-dealkylation sites (tertiary alicyclic amines) is 1. The lowest BCUT2D eigenvalue weighted by molar-refractivity contribution is 0.0740. The second kappa shape index (κ2) is 10.2. The molecule has 1 amide bonds. The van der Waals surface area contributed by atoms with E-state index in [-0.39, 0.29) is 11.9 Å². The summed E-state index contributed by atoms with van der Waals surface area (Å²) in [4.78, 5) is 25.9. The first-order valence-electron chi connectivity index (χ1n) is 11.5. The highest BCUT2D eigenvalue weighted by Crippen LogP contribution is 2.36. The summed E-state index contributed by atoms with van der Waals surface area (Å²) in [6, 6.07) is 21.0. The van der Waals surface area contributed by atoms with Gasteiger partial charge in [-0.15, -0.1) is 11.3 Å². The number of aliphatic hydroxyl groups excluding tert-OH is 1. The van der Waals surface area contributed by atoms with Crippen LogP contribution >= 0.6 is 22.9 Å². The number of benzene rings is 2. The van der Waals surface area contributed by atoms with E-state index in [2.05, 4.69) is 15.3 Å². The van der Waals surface area contributed by atoms with E-state index in [1.165, 1.54) is 11.3 Å². The summed E-state index contributed by atoms with van der Waals surface area (Å²) in [5, 5.41) is 13.7. The number of aromatic nitrogens is 2. The minimum Gasteiger partial charge on any atom is -0.389 e. The van der Waals surface area contributed by atoms with E-state index < -0.39 is 6.10 Å². The minimum atomic E-state index is -0.555. The fraction of sp³-hybridized carbons (Fsp3) is 0.222. The summed E-state index contributed by atoms with van der Waals surface area (Å²) in [5.74, 6) is 0.484. The Morgan fingerprint density at radius 1 is 1.17 bits per heavy atom. The Morgan fingerprint density at radius 2 is 2.03 bits per heavy atom. The molecule has 0 bridgehead atoms. The molecule has 1 aliphatic rings. The van der Waals surface area contributed by atoms with E-state index >= 15 is 0 Å². The number of nitrogens with zero attached hydrogens (tertiary/aromatic N) is 3. The van der Waals surface area contributed by atoms with Gasteiger partial charge in [0.25, 0.3) is 5.91 Å². The molecule has 178 valence electrons. The highest BCUT2D eigenvalue weighted by molar-refractivity contribution is 7.17. The molecule has 1 fully saturated rings. The SMILES string of the molecule is CC(O)c1cccc(Nc2nccc(-c3ccc(C(=O)N4CCCC4c4cccc(Cl)c4)s3)n2)c1. The van der Waals surface area contributed by atoms with Gasteiger partial charge in [-0.05, 0) is 73.4 Å². The lowest BCUT2D eigenvalue weighted by Crippen LogP contribution is -2.29. The van der Waals surface area contributed by atoms with Crippen LogP contribution in [-0.2, 0) is 0 Å². The van der Waals surface area contributed by atoms with Crippen LogP contribution in [0.2, 0.25) is 5.02 Å². The van der Waals surface area contributed by atoms with E-state index in [1.54, 1.807) is 13.1 Å². The Labute approximate surface area is 213 Å². The number of thiophene rings is 1. The van der Waals surface area contributed by atoms with Crippen molar-refractivity contribution in [2.45, 2.75) is 31.9 Å². The number of rotatable bonds is 6. The Bertz CT molecular complexity index is 1360. The number of amides is 1. The van der Waals surface area contributed by atoms with Crippen LogP contribution < -0.4 is 5.32 Å². The quantitative estimate of drug-likeness (QED) is 0.308. The van der Waals surface area contributed by atoms with Gasteiger partial charge < -0.3 is 15.3 Å². The van der Waals surface area contributed by atoms with Crippen molar-refractivity contribution in [3.63, 3.8) is 0 Å². The zero-order valence-electron chi connectivity index (χ0n) is 19.2. The van der Waals surface area contributed by atoms with Gasteiger partial charge in [-0.3, -0.25) is 4.79 Å². The molecule has 1 aliphatic heterocycles. The van der Waals surface area contributed by atoms with Crippen molar-refractivity contribution in [1.82, 2.24) is 14.9 Å². The molecule has 0 spiro atoms. The number of halogens is 1. The topological polar surface area (TPSA) is 78.3 Å². The van der Waals surface area contributed by atoms with Gasteiger partial charge in [0.2, 0.25) is 5.95 Å². The number of hydrogen-bond donors (Lipinski definition) is 2. The minimum absolute atomic E-state index is 0.0334. The number of nitrogens with one attached hydrogen (secondary N) is 1. The predicted molar refractivity (Wildman–Crippen MR) is 140 cm³/mol. The molecule has 6 nitrogen and oxygen atoms in total. The second-order valence-corrected chi connectivity index (χ2v) is 10.1. The summed E-state index contributed by atoms with van der Waals surface area (Å²) >= 11 is 7.63. The van der Waals surface area contributed by atoms with Gasteiger partial charge in [0.1, 0.15) is 0 Å². The normalized spacial score (nSPS) is 16.3. The van der Waals surface area contributed by atoms with Crippen molar-refractivity contribution in [3.8, 4) is 10.6 Å². The largest absolute Gasteiger partial charge is 0.389 e. The van der Waals surface area contributed by atoms with E-state index in [1.807, 2.05) is 71.6 Å². The van der Waals surface area contributed by atoms with Crippen molar-refractivity contribution < 1.29 is 9.90 Å². The first kappa shape index (κ1) is 23.5. The van der Waals surface area contributed by atoms with Crippen LogP contribution in [0.1, 0.15) is 52.7 Å². The third-order valence-electron chi connectivity index (χ3n) is 6.10. The van der Waals surface area contributed by atoms with Crippen molar-refractivity contribution >= 4 is 40.5 Å². The highest BCUT2D eigenvalue weighted by atomic mass is 35.5. The standard InChI is InChI=1S/C27H25ClN4O2S/c1-17(33)18-5-3-8-21(16-18)30-27-29-13-12-22(31-27)24-10-11-25(35-24)26(34)32-14-4-9-23(32)19-6-2-7-20(28)15-19/h2-3,5-8,10-13,15-17,23,33H,4,9,14H2,1H3,(H,29,30,31). The lowest BCUT2D eigenvalue weighted by atomic mass is 10.0. The Hall–Kier alpha value is -3.26. The van der Waals surface area contributed by atoms with Gasteiger partial charge in [-0.1, -0.05) is 35.9 Å². The summed E-state index contributed by atoms with van der Waals surface area (Å²) < 4.78 is 0. The van der Waals surface area contributed by atoms with Crippen molar-refractivity contribution in [1.29, 1.82) is 0 Å². The maximum Gasteiger partial charge on any atom is 0.264 e. The number of anilines is 2. The van der Waals surface area contributed by atoms with Gasteiger partial charge in [0, 0.05) is 23.5 Å². The summed E-state index contributed by atoms with van der Waals surface area (Å²) in [7, 11) is 0. The Morgan fingerprint density at radius 3 is 2.86 bits per heavy atom. The van der Waals surface area contributed by atoms with Crippen LogP contribution in [0.4, 0.5) is 11.6 Å². The van der Waals surface area contributed by atoms with Gasteiger partial charge >= 0.3 is 0 Å². The van der Waals surface area contributed by atoms with Crippen LogP contribution in [0.15, 0.2) is 72.9 Å². The molecule has 2 atom stereocenters. The zero-order chi connectivity index (χ0) is 24.4. The number of carbonyl (C=O) groups is 1. The monoisotopic (exact) mass is 504 g/mol. The van der Waals surface area contributed by atoms with Gasteiger partial charge in [-0.2, -0.15) is 0 Å². The highest BCUT2D eigenvalue weighted by Gasteiger charge is 2.31. The van der Waals surface area contributed by atoms with Crippen molar-refractivity contribution in [2.75, 3.05) is 11.9 Å². The van der Waals surface area contributed by atoms with Crippen LogP contribution in [-0.4, -0.2) is 32.4 Å².